The van der Waals surface area contributed by atoms with E-state index in [1.54, 1.807) is 6.07 Å². The van der Waals surface area contributed by atoms with Gasteiger partial charge in [-0.1, -0.05) is 11.6 Å². The fraction of sp³-hybridized carbons (Fsp3) is 0.455. The molecule has 0 aromatic heterocycles. The van der Waals surface area contributed by atoms with Crippen molar-refractivity contribution in [3.05, 3.63) is 29.0 Å². The average molecular weight is 232 g/mol. The Hall–Kier alpha value is -0.800. The van der Waals surface area contributed by atoms with Crippen molar-refractivity contribution in [2.75, 3.05) is 20.7 Å². The van der Waals surface area contributed by atoms with E-state index in [1.165, 1.54) is 12.1 Å². The van der Waals surface area contributed by atoms with Crippen molar-refractivity contribution in [2.24, 2.45) is 0 Å². The van der Waals surface area contributed by atoms with Crippen LogP contribution in [0, 0.1) is 5.82 Å². The lowest BCUT2D eigenvalue weighted by Gasteiger charge is -2.19. The van der Waals surface area contributed by atoms with Crippen LogP contribution in [0.3, 0.4) is 0 Å². The lowest BCUT2D eigenvalue weighted by molar-refractivity contribution is 0.198. The van der Waals surface area contributed by atoms with Gasteiger partial charge in [-0.25, -0.2) is 4.39 Å². The number of hydrogen-bond donors (Lipinski definition) is 0. The monoisotopic (exact) mass is 231 g/mol. The van der Waals surface area contributed by atoms with Crippen molar-refractivity contribution in [3.63, 3.8) is 0 Å². The normalized spacial score (nSPS) is 12.9. The highest BCUT2D eigenvalue weighted by molar-refractivity contribution is 6.30. The fourth-order valence-electron chi connectivity index (χ4n) is 0.933. The average Bonchev–Trinajstić information content (AvgIpc) is 2.19. The SMILES string of the molecule is CC(COc1ccc(F)c(Cl)c1)N(C)C. The maximum absolute atomic E-state index is 12.8. The summed E-state index contributed by atoms with van der Waals surface area (Å²) in [7, 11) is 3.96. The molecule has 1 aromatic rings. The van der Waals surface area contributed by atoms with Crippen LogP contribution in [-0.2, 0) is 0 Å². The van der Waals surface area contributed by atoms with Gasteiger partial charge >= 0.3 is 0 Å². The van der Waals surface area contributed by atoms with Gasteiger partial charge in [-0.05, 0) is 33.2 Å². The smallest absolute Gasteiger partial charge is 0.142 e. The van der Waals surface area contributed by atoms with Crippen LogP contribution in [0.5, 0.6) is 5.75 Å². The zero-order valence-electron chi connectivity index (χ0n) is 9.13. The minimum absolute atomic E-state index is 0.0880. The van der Waals surface area contributed by atoms with Gasteiger partial charge in [-0.2, -0.15) is 0 Å². The number of nitrogens with zero attached hydrogens (tertiary/aromatic N) is 1. The highest BCUT2D eigenvalue weighted by Gasteiger charge is 2.06. The largest absolute Gasteiger partial charge is 0.492 e. The van der Waals surface area contributed by atoms with Crippen molar-refractivity contribution in [2.45, 2.75) is 13.0 Å². The minimum Gasteiger partial charge on any atom is -0.492 e. The van der Waals surface area contributed by atoms with E-state index < -0.39 is 5.82 Å². The molecule has 1 aromatic carbocycles. The molecule has 0 radical (unpaired) electrons. The van der Waals surface area contributed by atoms with Crippen molar-refractivity contribution < 1.29 is 9.13 Å². The molecule has 4 heteroatoms. The van der Waals surface area contributed by atoms with E-state index in [9.17, 15) is 4.39 Å². The molecule has 0 fully saturated rings. The van der Waals surface area contributed by atoms with E-state index >= 15 is 0 Å². The van der Waals surface area contributed by atoms with Crippen LogP contribution in [0.2, 0.25) is 5.02 Å². The Bertz CT molecular complexity index is 330. The standard InChI is InChI=1S/C11H15ClFNO/c1-8(14(2)3)7-15-9-4-5-11(13)10(12)6-9/h4-6,8H,7H2,1-3H3. The quantitative estimate of drug-likeness (QED) is 0.790. The van der Waals surface area contributed by atoms with Gasteiger partial charge in [-0.3, -0.25) is 0 Å². The summed E-state index contributed by atoms with van der Waals surface area (Å²) in [5, 5.41) is 0.0880. The number of likely N-dealkylation sites (N-methyl/N-ethyl adjacent to an activating group) is 1. The molecule has 0 saturated heterocycles. The first-order valence-electron chi connectivity index (χ1n) is 4.75. The van der Waals surface area contributed by atoms with Gasteiger partial charge in [0.15, 0.2) is 0 Å². The molecule has 1 rings (SSSR count). The molecule has 0 spiro atoms. The van der Waals surface area contributed by atoms with Crippen molar-refractivity contribution >= 4 is 11.6 Å². The zero-order valence-corrected chi connectivity index (χ0v) is 9.88. The van der Waals surface area contributed by atoms with Crippen LogP contribution < -0.4 is 4.74 Å². The van der Waals surface area contributed by atoms with Crippen LogP contribution in [-0.4, -0.2) is 31.6 Å². The first-order valence-corrected chi connectivity index (χ1v) is 5.12. The van der Waals surface area contributed by atoms with Crippen LogP contribution in [0.1, 0.15) is 6.92 Å². The second-order valence-corrected chi connectivity index (χ2v) is 4.11. The summed E-state index contributed by atoms with van der Waals surface area (Å²) in [5.41, 5.74) is 0. The first-order chi connectivity index (χ1) is 7.00. The van der Waals surface area contributed by atoms with Gasteiger partial charge in [0.05, 0.1) is 5.02 Å². The van der Waals surface area contributed by atoms with Crippen molar-refractivity contribution in [3.8, 4) is 5.75 Å². The van der Waals surface area contributed by atoms with E-state index in [0.717, 1.165) is 0 Å². The van der Waals surface area contributed by atoms with E-state index in [0.29, 0.717) is 18.4 Å². The Morgan fingerprint density at radius 2 is 2.13 bits per heavy atom. The van der Waals surface area contributed by atoms with E-state index in [1.807, 2.05) is 25.9 Å². The van der Waals surface area contributed by atoms with E-state index in [4.69, 9.17) is 16.3 Å². The third kappa shape index (κ3) is 3.68. The van der Waals surface area contributed by atoms with Crippen molar-refractivity contribution in [1.29, 1.82) is 0 Å². The molecule has 0 amide bonds. The Morgan fingerprint density at radius 3 is 2.67 bits per heavy atom. The topological polar surface area (TPSA) is 12.5 Å². The van der Waals surface area contributed by atoms with Gasteiger partial charge in [0.25, 0.3) is 0 Å². The maximum Gasteiger partial charge on any atom is 0.142 e. The molecule has 0 aliphatic carbocycles. The summed E-state index contributed by atoms with van der Waals surface area (Å²) >= 11 is 5.63. The molecule has 84 valence electrons. The van der Waals surface area contributed by atoms with Crippen LogP contribution in [0.15, 0.2) is 18.2 Å². The molecule has 0 N–H and O–H groups in total. The van der Waals surface area contributed by atoms with Crippen LogP contribution in [0.4, 0.5) is 4.39 Å². The van der Waals surface area contributed by atoms with E-state index in [2.05, 4.69) is 0 Å². The molecular formula is C11H15ClFNO. The summed E-state index contributed by atoms with van der Waals surface area (Å²) < 4.78 is 18.3. The molecule has 1 atom stereocenters. The maximum atomic E-state index is 12.8. The predicted molar refractivity (Wildman–Crippen MR) is 60.1 cm³/mol. The first kappa shape index (κ1) is 12.3. The van der Waals surface area contributed by atoms with Gasteiger partial charge in [0.2, 0.25) is 0 Å². The number of halogens is 2. The predicted octanol–water partition coefficient (Wildman–Crippen LogP) is 2.81. The number of benzene rings is 1. The molecule has 15 heavy (non-hydrogen) atoms. The summed E-state index contributed by atoms with van der Waals surface area (Å²) in [4.78, 5) is 2.05. The van der Waals surface area contributed by atoms with E-state index in [-0.39, 0.29) is 5.02 Å². The molecular weight excluding hydrogens is 217 g/mol. The number of hydrogen-bond acceptors (Lipinski definition) is 2. The zero-order chi connectivity index (χ0) is 11.4. The Balaban J connectivity index is 2.55. The third-order valence-electron chi connectivity index (χ3n) is 2.26. The molecule has 2 nitrogen and oxygen atoms in total. The molecule has 0 heterocycles. The Morgan fingerprint density at radius 1 is 1.47 bits per heavy atom. The number of rotatable bonds is 4. The summed E-state index contributed by atoms with van der Waals surface area (Å²) in [6, 6.07) is 4.66. The molecule has 0 saturated carbocycles. The number of ether oxygens (including phenoxy) is 1. The molecule has 1 unspecified atom stereocenters. The fourth-order valence-corrected chi connectivity index (χ4v) is 1.10. The Kier molecular flexibility index (Phi) is 4.36. The van der Waals surface area contributed by atoms with Gasteiger partial charge in [-0.15, -0.1) is 0 Å². The summed E-state index contributed by atoms with van der Waals surface area (Å²) in [5.74, 6) is 0.166. The van der Waals surface area contributed by atoms with Crippen LogP contribution in [0.25, 0.3) is 0 Å². The molecule has 0 aliphatic rings. The lowest BCUT2D eigenvalue weighted by Crippen LogP contribution is -2.30. The summed E-state index contributed by atoms with van der Waals surface area (Å²) in [6.07, 6.45) is 0. The second kappa shape index (κ2) is 5.33. The van der Waals surface area contributed by atoms with Gasteiger partial charge < -0.3 is 9.64 Å². The third-order valence-corrected chi connectivity index (χ3v) is 2.55. The highest BCUT2D eigenvalue weighted by atomic mass is 35.5. The second-order valence-electron chi connectivity index (χ2n) is 3.70. The summed E-state index contributed by atoms with van der Waals surface area (Å²) in [6.45, 7) is 2.60. The van der Waals surface area contributed by atoms with Gasteiger partial charge in [0, 0.05) is 12.1 Å². The van der Waals surface area contributed by atoms with Crippen LogP contribution >= 0.6 is 11.6 Å². The Labute approximate surface area is 94.6 Å². The molecule has 0 bridgehead atoms. The van der Waals surface area contributed by atoms with Crippen molar-refractivity contribution in [1.82, 2.24) is 4.90 Å². The highest BCUT2D eigenvalue weighted by Crippen LogP contribution is 2.21. The lowest BCUT2D eigenvalue weighted by atomic mass is 10.3. The van der Waals surface area contributed by atoms with Gasteiger partial charge in [0.1, 0.15) is 18.2 Å². The molecule has 0 aliphatic heterocycles. The minimum atomic E-state index is -0.426.